The van der Waals surface area contributed by atoms with Crippen LogP contribution in [0.2, 0.25) is 0 Å². The lowest BCUT2D eigenvalue weighted by atomic mass is 10.1. The summed E-state index contributed by atoms with van der Waals surface area (Å²) in [4.78, 5) is 0. The van der Waals surface area contributed by atoms with Gasteiger partial charge in [-0.15, -0.1) is 6.58 Å². The lowest BCUT2D eigenvalue weighted by Crippen LogP contribution is -2.01. The summed E-state index contributed by atoms with van der Waals surface area (Å²) in [6.07, 6.45) is 5.74. The molecule has 1 aromatic rings. The van der Waals surface area contributed by atoms with E-state index in [4.69, 9.17) is 14.6 Å². The van der Waals surface area contributed by atoms with E-state index in [2.05, 4.69) is 32.9 Å². The number of hydrogen-bond donors (Lipinski definition) is 1. The number of ether oxygens (including phenoxy) is 2. The second-order valence-electron chi connectivity index (χ2n) is 5.57. The Morgan fingerprint density at radius 1 is 1.10 bits per heavy atom. The van der Waals surface area contributed by atoms with Gasteiger partial charge in [0.1, 0.15) is 18.2 Å². The average Bonchev–Trinajstić information content (AvgIpc) is 2.69. The molecule has 1 rings (SSSR count). The summed E-state index contributed by atoms with van der Waals surface area (Å²) in [6.45, 7) is 19.5. The number of methoxy groups -OCH3 is 1. The molecule has 0 aliphatic carbocycles. The van der Waals surface area contributed by atoms with Gasteiger partial charge in [0.25, 0.3) is 0 Å². The van der Waals surface area contributed by atoms with Gasteiger partial charge in [0.2, 0.25) is 11.6 Å². The maximum absolute atomic E-state index is 13.9. The van der Waals surface area contributed by atoms with E-state index < -0.39 is 23.2 Å². The smallest absolute Gasteiger partial charge is 0.204 e. The Morgan fingerprint density at radius 2 is 1.69 bits per heavy atom. The average molecular weight is 406 g/mol. The highest BCUT2D eigenvalue weighted by Crippen LogP contribution is 2.27. The highest BCUT2D eigenvalue weighted by molar-refractivity contribution is 5.48. The molecule has 0 radical (unpaired) electrons. The van der Waals surface area contributed by atoms with Crippen LogP contribution in [-0.4, -0.2) is 18.8 Å². The SMILES string of the molecule is C=C(/C=C\C(=C)C(=C)/C(F)=C\C(=C)OC)COc1ccc(O)c(F)c1F.C=CC. The van der Waals surface area contributed by atoms with Crippen LogP contribution in [-0.2, 0) is 4.74 Å². The normalized spacial score (nSPS) is 10.6. The summed E-state index contributed by atoms with van der Waals surface area (Å²) in [7, 11) is 1.36. The van der Waals surface area contributed by atoms with E-state index in [1.165, 1.54) is 19.3 Å². The molecule has 0 aromatic heterocycles. The third kappa shape index (κ3) is 8.88. The van der Waals surface area contributed by atoms with Gasteiger partial charge in [-0.25, -0.2) is 4.39 Å². The number of hydrogen-bond acceptors (Lipinski definition) is 3. The fourth-order valence-electron chi connectivity index (χ4n) is 1.61. The lowest BCUT2D eigenvalue weighted by molar-refractivity contribution is 0.307. The first-order chi connectivity index (χ1) is 13.6. The van der Waals surface area contributed by atoms with Gasteiger partial charge in [-0.2, -0.15) is 8.78 Å². The van der Waals surface area contributed by atoms with Crippen LogP contribution in [0, 0.1) is 11.6 Å². The third-order valence-electron chi connectivity index (χ3n) is 3.19. The van der Waals surface area contributed by atoms with Crippen LogP contribution in [0.3, 0.4) is 0 Å². The maximum atomic E-state index is 13.9. The molecule has 0 amide bonds. The second kappa shape index (κ2) is 12.9. The van der Waals surface area contributed by atoms with Gasteiger partial charge >= 0.3 is 0 Å². The zero-order chi connectivity index (χ0) is 22.6. The summed E-state index contributed by atoms with van der Waals surface area (Å²) in [5.41, 5.74) is 0.683. The predicted molar refractivity (Wildman–Crippen MR) is 111 cm³/mol. The largest absolute Gasteiger partial charge is 0.505 e. The van der Waals surface area contributed by atoms with Crippen LogP contribution in [0.1, 0.15) is 6.92 Å². The first-order valence-corrected chi connectivity index (χ1v) is 8.30. The van der Waals surface area contributed by atoms with E-state index in [9.17, 15) is 13.2 Å². The predicted octanol–water partition coefficient (Wildman–Crippen LogP) is 6.48. The number of halogens is 3. The Balaban J connectivity index is 0.00000245. The van der Waals surface area contributed by atoms with Crippen molar-refractivity contribution in [1.82, 2.24) is 0 Å². The van der Waals surface area contributed by atoms with Crippen molar-refractivity contribution in [3.05, 3.63) is 109 Å². The van der Waals surface area contributed by atoms with Gasteiger partial charge in [0.05, 0.1) is 7.11 Å². The fourth-order valence-corrected chi connectivity index (χ4v) is 1.61. The van der Waals surface area contributed by atoms with Crippen LogP contribution >= 0.6 is 0 Å². The third-order valence-corrected chi connectivity index (χ3v) is 3.19. The molecule has 0 aliphatic rings. The number of rotatable bonds is 9. The van der Waals surface area contributed by atoms with Crippen molar-refractivity contribution in [1.29, 1.82) is 0 Å². The molecular formula is C23H25F3O3. The molecule has 1 N–H and O–H groups in total. The Hall–Kier alpha value is -3.41. The van der Waals surface area contributed by atoms with Crippen LogP contribution in [0.5, 0.6) is 11.5 Å². The lowest BCUT2D eigenvalue weighted by Gasteiger charge is -2.08. The van der Waals surface area contributed by atoms with Crippen LogP contribution in [0.4, 0.5) is 13.2 Å². The quantitative estimate of drug-likeness (QED) is 0.290. The van der Waals surface area contributed by atoms with E-state index in [-0.39, 0.29) is 29.3 Å². The first kappa shape index (κ1) is 25.6. The van der Waals surface area contributed by atoms with Crippen molar-refractivity contribution in [2.75, 3.05) is 13.7 Å². The molecule has 156 valence electrons. The molecule has 0 saturated heterocycles. The van der Waals surface area contributed by atoms with E-state index in [1.54, 1.807) is 6.08 Å². The number of phenols is 1. The molecule has 29 heavy (non-hydrogen) atoms. The van der Waals surface area contributed by atoms with Gasteiger partial charge in [0.15, 0.2) is 11.5 Å². The van der Waals surface area contributed by atoms with E-state index in [0.717, 1.165) is 18.2 Å². The topological polar surface area (TPSA) is 38.7 Å². The molecule has 1 aromatic carbocycles. The number of phenolic OH excluding ortho intramolecular Hbond substituents is 1. The highest BCUT2D eigenvalue weighted by atomic mass is 19.2. The monoisotopic (exact) mass is 406 g/mol. The molecular weight excluding hydrogens is 381 g/mol. The molecule has 3 nitrogen and oxygen atoms in total. The minimum atomic E-state index is -1.40. The van der Waals surface area contributed by atoms with Gasteiger partial charge in [-0.3, -0.25) is 0 Å². The Kier molecular flexibility index (Phi) is 11.4. The molecule has 6 heteroatoms. The Bertz CT molecular complexity index is 849. The molecule has 0 saturated carbocycles. The number of benzene rings is 1. The van der Waals surface area contributed by atoms with Gasteiger partial charge in [0, 0.05) is 11.6 Å². The van der Waals surface area contributed by atoms with Crippen LogP contribution < -0.4 is 4.74 Å². The number of aromatic hydroxyl groups is 1. The zero-order valence-corrected chi connectivity index (χ0v) is 16.6. The van der Waals surface area contributed by atoms with E-state index in [0.29, 0.717) is 5.57 Å². The van der Waals surface area contributed by atoms with Crippen molar-refractivity contribution in [3.63, 3.8) is 0 Å². The summed E-state index contributed by atoms with van der Waals surface area (Å²) < 4.78 is 50.5. The van der Waals surface area contributed by atoms with Gasteiger partial charge in [-0.1, -0.05) is 44.5 Å². The summed E-state index contributed by atoms with van der Waals surface area (Å²) in [5, 5.41) is 9.05. The highest BCUT2D eigenvalue weighted by Gasteiger charge is 2.13. The maximum Gasteiger partial charge on any atom is 0.204 e. The summed E-state index contributed by atoms with van der Waals surface area (Å²) in [6, 6.07) is 2.07. The molecule has 0 fully saturated rings. The molecule has 0 bridgehead atoms. The minimum absolute atomic E-state index is 0.0276. The van der Waals surface area contributed by atoms with E-state index in [1.807, 2.05) is 6.92 Å². The molecule has 0 unspecified atom stereocenters. The summed E-state index contributed by atoms with van der Waals surface area (Å²) >= 11 is 0. The molecule has 0 aliphatic heterocycles. The van der Waals surface area contributed by atoms with Gasteiger partial charge < -0.3 is 14.6 Å². The first-order valence-electron chi connectivity index (χ1n) is 8.30. The minimum Gasteiger partial charge on any atom is -0.505 e. The number of allylic oxidation sites excluding steroid dienone is 6. The molecule has 0 heterocycles. The zero-order valence-electron chi connectivity index (χ0n) is 16.6. The van der Waals surface area contributed by atoms with Crippen molar-refractivity contribution in [2.45, 2.75) is 6.92 Å². The van der Waals surface area contributed by atoms with Crippen LogP contribution in [0.25, 0.3) is 0 Å². The Morgan fingerprint density at radius 3 is 2.24 bits per heavy atom. The van der Waals surface area contributed by atoms with Crippen molar-refractivity contribution in [2.24, 2.45) is 0 Å². The molecule has 0 spiro atoms. The van der Waals surface area contributed by atoms with Crippen molar-refractivity contribution in [3.8, 4) is 11.5 Å². The Labute approximate surface area is 169 Å². The van der Waals surface area contributed by atoms with Gasteiger partial charge in [-0.05, 0) is 30.2 Å². The van der Waals surface area contributed by atoms with Crippen molar-refractivity contribution >= 4 is 0 Å². The standard InChI is InChI=1S/C20H19F3O3.C3H6/c1-12(11-26-18-9-8-17(24)19(22)20(18)23)6-7-13(2)15(4)16(21)10-14(3)25-5;1-3-2/h6-10,24H,1-4,11H2,5H3;3H,1H2,2H3/b7-6-,16-10+;. The fraction of sp³-hybridized carbons (Fsp3) is 0.130. The second-order valence-corrected chi connectivity index (χ2v) is 5.57. The van der Waals surface area contributed by atoms with Crippen molar-refractivity contribution < 1.29 is 27.8 Å². The van der Waals surface area contributed by atoms with E-state index >= 15 is 0 Å². The van der Waals surface area contributed by atoms with Crippen LogP contribution in [0.15, 0.2) is 97.6 Å². The molecule has 0 atom stereocenters. The summed E-state index contributed by atoms with van der Waals surface area (Å²) in [5.74, 6) is -4.41.